The fraction of sp³-hybridized carbons (Fsp3) is 0.533. The summed E-state index contributed by atoms with van der Waals surface area (Å²) >= 11 is 0. The molecule has 2 heterocycles. The number of rotatable bonds is 7. The quantitative estimate of drug-likeness (QED) is 0.538. The van der Waals surface area contributed by atoms with Crippen molar-refractivity contribution >= 4 is 5.96 Å². The molecule has 0 aromatic carbocycles. The van der Waals surface area contributed by atoms with Gasteiger partial charge < -0.3 is 15.1 Å². The van der Waals surface area contributed by atoms with Gasteiger partial charge in [-0.2, -0.15) is 0 Å². The lowest BCUT2D eigenvalue weighted by Gasteiger charge is -2.16. The first-order valence-electron chi connectivity index (χ1n) is 7.66. The second-order valence-electron chi connectivity index (χ2n) is 5.07. The van der Waals surface area contributed by atoms with E-state index in [1.54, 1.807) is 13.3 Å². The van der Waals surface area contributed by atoms with E-state index < -0.39 is 0 Å². The van der Waals surface area contributed by atoms with Crippen molar-refractivity contribution in [2.24, 2.45) is 10.9 Å². The van der Waals surface area contributed by atoms with E-state index in [4.69, 9.17) is 4.42 Å². The van der Waals surface area contributed by atoms with Crippen LogP contribution in [-0.2, 0) is 6.54 Å². The first kappa shape index (κ1) is 16.1. The van der Waals surface area contributed by atoms with E-state index in [0.29, 0.717) is 24.0 Å². The summed E-state index contributed by atoms with van der Waals surface area (Å²) in [5.41, 5.74) is 0. The van der Waals surface area contributed by atoms with Crippen LogP contribution >= 0.6 is 0 Å². The number of furan rings is 1. The van der Waals surface area contributed by atoms with E-state index in [-0.39, 0.29) is 0 Å². The fourth-order valence-corrected chi connectivity index (χ4v) is 2.10. The van der Waals surface area contributed by atoms with Crippen molar-refractivity contribution in [3.05, 3.63) is 24.2 Å². The maximum Gasteiger partial charge on any atom is 0.216 e. The summed E-state index contributed by atoms with van der Waals surface area (Å²) in [5.74, 6) is 3.37. The lowest BCUT2D eigenvalue weighted by atomic mass is 10.0. The van der Waals surface area contributed by atoms with Crippen LogP contribution in [0.15, 0.2) is 27.8 Å². The van der Waals surface area contributed by atoms with Crippen molar-refractivity contribution in [3.8, 4) is 11.6 Å². The molecule has 0 atom stereocenters. The molecule has 0 spiro atoms. The predicted octanol–water partition coefficient (Wildman–Crippen LogP) is 2.17. The van der Waals surface area contributed by atoms with Crippen LogP contribution in [0.2, 0.25) is 0 Å². The highest BCUT2D eigenvalue weighted by molar-refractivity contribution is 5.79. The summed E-state index contributed by atoms with van der Waals surface area (Å²) in [7, 11) is 1.76. The van der Waals surface area contributed by atoms with Crippen molar-refractivity contribution in [1.29, 1.82) is 0 Å². The van der Waals surface area contributed by atoms with E-state index in [2.05, 4.69) is 44.7 Å². The number of aliphatic imine (C=N–C) groups is 1. The van der Waals surface area contributed by atoms with Crippen LogP contribution in [0.25, 0.3) is 11.6 Å². The number of aromatic nitrogens is 3. The standard InChI is InChI=1S/C15H24N6O/c1-4-11(5-2)9-17-15(16-3)18-10-13-19-14(21-20-13)12-7-6-8-22-12/h6-8,11H,4-5,9-10H2,1-3H3,(H2,16,17,18)(H,19,20,21). The molecule has 0 amide bonds. The van der Waals surface area contributed by atoms with Crippen LogP contribution in [0.3, 0.4) is 0 Å². The van der Waals surface area contributed by atoms with Gasteiger partial charge in [-0.25, -0.2) is 4.98 Å². The Morgan fingerprint density at radius 3 is 2.82 bits per heavy atom. The van der Waals surface area contributed by atoms with Gasteiger partial charge in [-0.15, -0.1) is 5.10 Å². The monoisotopic (exact) mass is 304 g/mol. The van der Waals surface area contributed by atoms with Crippen LogP contribution < -0.4 is 10.6 Å². The largest absolute Gasteiger partial charge is 0.461 e. The molecule has 0 aliphatic carbocycles. The first-order chi connectivity index (χ1) is 10.8. The number of nitrogens with one attached hydrogen (secondary N) is 3. The maximum atomic E-state index is 5.27. The van der Waals surface area contributed by atoms with Crippen LogP contribution in [0.5, 0.6) is 0 Å². The third-order valence-electron chi connectivity index (χ3n) is 3.63. The van der Waals surface area contributed by atoms with E-state index >= 15 is 0 Å². The van der Waals surface area contributed by atoms with Gasteiger partial charge in [0.05, 0.1) is 12.8 Å². The van der Waals surface area contributed by atoms with Crippen molar-refractivity contribution in [2.45, 2.75) is 33.2 Å². The number of guanidine groups is 1. The van der Waals surface area contributed by atoms with Gasteiger partial charge in [0.1, 0.15) is 5.82 Å². The number of hydrogen-bond acceptors (Lipinski definition) is 4. The fourth-order valence-electron chi connectivity index (χ4n) is 2.10. The average Bonchev–Trinajstić information content (AvgIpc) is 3.21. The molecule has 0 unspecified atom stereocenters. The molecule has 0 saturated heterocycles. The summed E-state index contributed by atoms with van der Waals surface area (Å²) in [6, 6.07) is 3.64. The highest BCUT2D eigenvalue weighted by Gasteiger charge is 2.09. The molecule has 0 fully saturated rings. The zero-order chi connectivity index (χ0) is 15.8. The Labute approximate surface area is 130 Å². The van der Waals surface area contributed by atoms with E-state index in [1.165, 1.54) is 0 Å². The van der Waals surface area contributed by atoms with Gasteiger partial charge in [0.2, 0.25) is 5.82 Å². The lowest BCUT2D eigenvalue weighted by Crippen LogP contribution is -2.39. The molecule has 2 aromatic heterocycles. The average molecular weight is 304 g/mol. The second-order valence-corrected chi connectivity index (χ2v) is 5.07. The maximum absolute atomic E-state index is 5.27. The molecule has 0 aliphatic rings. The first-order valence-corrected chi connectivity index (χ1v) is 7.66. The Balaban J connectivity index is 1.83. The van der Waals surface area contributed by atoms with E-state index in [9.17, 15) is 0 Å². The zero-order valence-corrected chi connectivity index (χ0v) is 13.4. The summed E-state index contributed by atoms with van der Waals surface area (Å²) in [6.07, 6.45) is 3.93. The molecular formula is C15H24N6O. The zero-order valence-electron chi connectivity index (χ0n) is 13.4. The van der Waals surface area contributed by atoms with Gasteiger partial charge in [0, 0.05) is 13.6 Å². The highest BCUT2D eigenvalue weighted by Crippen LogP contribution is 2.14. The van der Waals surface area contributed by atoms with Crippen LogP contribution in [0.4, 0.5) is 0 Å². The smallest absolute Gasteiger partial charge is 0.216 e. The lowest BCUT2D eigenvalue weighted by molar-refractivity contribution is 0.481. The normalized spacial score (nSPS) is 11.9. The molecule has 22 heavy (non-hydrogen) atoms. The third-order valence-corrected chi connectivity index (χ3v) is 3.63. The molecule has 120 valence electrons. The Morgan fingerprint density at radius 2 is 2.18 bits per heavy atom. The summed E-state index contributed by atoms with van der Waals surface area (Å²) < 4.78 is 5.27. The molecular weight excluding hydrogens is 280 g/mol. The summed E-state index contributed by atoms with van der Waals surface area (Å²) in [6.45, 7) is 5.85. The van der Waals surface area contributed by atoms with Crippen LogP contribution in [-0.4, -0.2) is 34.7 Å². The van der Waals surface area contributed by atoms with E-state index in [1.807, 2.05) is 12.1 Å². The van der Waals surface area contributed by atoms with Crippen LogP contribution in [0.1, 0.15) is 32.5 Å². The summed E-state index contributed by atoms with van der Waals surface area (Å²) in [4.78, 5) is 8.60. The topological polar surface area (TPSA) is 91.1 Å². The van der Waals surface area contributed by atoms with Crippen molar-refractivity contribution in [1.82, 2.24) is 25.8 Å². The molecule has 0 radical (unpaired) electrons. The minimum Gasteiger partial charge on any atom is -0.461 e. The molecule has 2 aromatic rings. The molecule has 7 heteroatoms. The summed E-state index contributed by atoms with van der Waals surface area (Å²) in [5, 5.41) is 13.6. The third kappa shape index (κ3) is 4.34. The van der Waals surface area contributed by atoms with Gasteiger partial charge in [-0.05, 0) is 18.1 Å². The number of H-pyrrole nitrogens is 1. The van der Waals surface area contributed by atoms with Gasteiger partial charge in [0.15, 0.2) is 11.7 Å². The SMILES string of the molecule is CCC(CC)CNC(=NC)NCc1nc(-c2ccco2)n[nH]1. The number of aromatic amines is 1. The van der Waals surface area contributed by atoms with Crippen molar-refractivity contribution < 1.29 is 4.42 Å². The highest BCUT2D eigenvalue weighted by atomic mass is 16.3. The predicted molar refractivity (Wildman–Crippen MR) is 86.4 cm³/mol. The van der Waals surface area contributed by atoms with Crippen LogP contribution in [0, 0.1) is 5.92 Å². The molecule has 2 rings (SSSR count). The van der Waals surface area contributed by atoms with Gasteiger partial charge in [-0.3, -0.25) is 10.1 Å². The molecule has 0 aliphatic heterocycles. The van der Waals surface area contributed by atoms with Gasteiger partial charge >= 0.3 is 0 Å². The molecule has 3 N–H and O–H groups in total. The van der Waals surface area contributed by atoms with Gasteiger partial charge in [0.25, 0.3) is 0 Å². The van der Waals surface area contributed by atoms with Crippen molar-refractivity contribution in [3.63, 3.8) is 0 Å². The minimum absolute atomic E-state index is 0.524. The second kappa shape index (κ2) is 8.21. The van der Waals surface area contributed by atoms with Crippen molar-refractivity contribution in [2.75, 3.05) is 13.6 Å². The Kier molecular flexibility index (Phi) is 6.00. The number of hydrogen-bond donors (Lipinski definition) is 3. The minimum atomic E-state index is 0.524. The Morgan fingerprint density at radius 1 is 1.36 bits per heavy atom. The van der Waals surface area contributed by atoms with Gasteiger partial charge in [-0.1, -0.05) is 26.7 Å². The Hall–Kier alpha value is -2.31. The Bertz CT molecular complexity index is 571. The van der Waals surface area contributed by atoms with E-state index in [0.717, 1.165) is 31.2 Å². The molecule has 7 nitrogen and oxygen atoms in total. The number of nitrogens with zero attached hydrogens (tertiary/aromatic N) is 3. The molecule has 0 saturated carbocycles. The molecule has 0 bridgehead atoms.